The zero-order valence-electron chi connectivity index (χ0n) is 8.26. The highest BCUT2D eigenvalue weighted by Gasteiger charge is 2.20. The number of thiophene rings is 1. The van der Waals surface area contributed by atoms with Crippen molar-refractivity contribution in [3.63, 3.8) is 0 Å². The summed E-state index contributed by atoms with van der Waals surface area (Å²) in [4.78, 5) is 0. The van der Waals surface area contributed by atoms with Crippen LogP contribution >= 0.6 is 46.1 Å². The van der Waals surface area contributed by atoms with E-state index in [1.165, 1.54) is 11.3 Å². The van der Waals surface area contributed by atoms with Gasteiger partial charge in [0.1, 0.15) is 5.76 Å². The lowest BCUT2D eigenvalue weighted by atomic mass is 10.1. The minimum atomic E-state index is -0.135. The molecule has 0 saturated heterocycles. The summed E-state index contributed by atoms with van der Waals surface area (Å²) in [6.45, 7) is 0. The highest BCUT2D eigenvalue weighted by Crippen LogP contribution is 2.37. The molecule has 2 rings (SSSR count). The minimum Gasteiger partial charge on any atom is -0.448 e. The van der Waals surface area contributed by atoms with E-state index in [0.29, 0.717) is 19.7 Å². The Morgan fingerprint density at radius 2 is 2.06 bits per heavy atom. The third-order valence-electron chi connectivity index (χ3n) is 2.16. The quantitative estimate of drug-likeness (QED) is 0.894. The molecule has 16 heavy (non-hydrogen) atoms. The normalized spacial score (nSPS) is 13.0. The number of hydrogen-bond acceptors (Lipinski definition) is 3. The predicted molar refractivity (Wildman–Crippen MR) is 69.0 cm³/mol. The van der Waals surface area contributed by atoms with Gasteiger partial charge in [0.2, 0.25) is 0 Å². The first kappa shape index (κ1) is 12.3. The molecular weight excluding hydrogens is 289 g/mol. The molecule has 1 N–H and O–H groups in total. The van der Waals surface area contributed by atoms with E-state index in [4.69, 9.17) is 39.2 Å². The highest BCUT2D eigenvalue weighted by atomic mass is 35.5. The first-order valence-corrected chi connectivity index (χ1v) is 6.44. The standard InChI is InChI=1S/C10H8Cl3NOS/c1-14-9(6-2-3-7(11)15-6)5-4-8(12)16-10(5)13/h2-4,9,14H,1H3. The maximum Gasteiger partial charge on any atom is 0.193 e. The molecule has 0 amide bonds. The van der Waals surface area contributed by atoms with E-state index in [9.17, 15) is 0 Å². The van der Waals surface area contributed by atoms with Gasteiger partial charge in [-0.25, -0.2) is 0 Å². The van der Waals surface area contributed by atoms with Gasteiger partial charge in [0.25, 0.3) is 0 Å². The summed E-state index contributed by atoms with van der Waals surface area (Å²) in [5.74, 6) is 0.712. The Morgan fingerprint density at radius 1 is 1.31 bits per heavy atom. The molecule has 2 nitrogen and oxygen atoms in total. The van der Waals surface area contributed by atoms with Crippen molar-refractivity contribution in [1.82, 2.24) is 5.32 Å². The third kappa shape index (κ3) is 2.39. The van der Waals surface area contributed by atoms with Crippen LogP contribution in [-0.4, -0.2) is 7.05 Å². The van der Waals surface area contributed by atoms with E-state index < -0.39 is 0 Å². The smallest absolute Gasteiger partial charge is 0.193 e. The fourth-order valence-corrected chi connectivity index (χ4v) is 3.17. The van der Waals surface area contributed by atoms with Gasteiger partial charge < -0.3 is 9.73 Å². The second-order valence-electron chi connectivity index (χ2n) is 3.14. The van der Waals surface area contributed by atoms with E-state index in [0.717, 1.165) is 5.56 Å². The van der Waals surface area contributed by atoms with Crippen molar-refractivity contribution < 1.29 is 4.42 Å². The van der Waals surface area contributed by atoms with Crippen LogP contribution < -0.4 is 5.32 Å². The fourth-order valence-electron chi connectivity index (χ4n) is 1.48. The Balaban J connectivity index is 2.40. The summed E-state index contributed by atoms with van der Waals surface area (Å²) in [7, 11) is 1.82. The highest BCUT2D eigenvalue weighted by molar-refractivity contribution is 7.20. The van der Waals surface area contributed by atoms with Crippen molar-refractivity contribution in [2.45, 2.75) is 6.04 Å². The number of nitrogens with one attached hydrogen (secondary N) is 1. The van der Waals surface area contributed by atoms with Gasteiger partial charge in [-0.3, -0.25) is 0 Å². The van der Waals surface area contributed by atoms with Gasteiger partial charge in [0.15, 0.2) is 5.22 Å². The van der Waals surface area contributed by atoms with Crippen LogP contribution in [-0.2, 0) is 0 Å². The number of halogens is 3. The van der Waals surface area contributed by atoms with Crippen LogP contribution in [0.4, 0.5) is 0 Å². The molecule has 0 aliphatic carbocycles. The minimum absolute atomic E-state index is 0.135. The molecule has 6 heteroatoms. The van der Waals surface area contributed by atoms with Crippen LogP contribution in [0.1, 0.15) is 17.4 Å². The molecule has 0 aliphatic rings. The van der Waals surface area contributed by atoms with Crippen molar-refractivity contribution in [3.8, 4) is 0 Å². The van der Waals surface area contributed by atoms with Crippen LogP contribution in [0, 0.1) is 0 Å². The van der Waals surface area contributed by atoms with Gasteiger partial charge in [-0.1, -0.05) is 23.2 Å². The largest absolute Gasteiger partial charge is 0.448 e. The molecule has 1 atom stereocenters. The van der Waals surface area contributed by atoms with Crippen molar-refractivity contribution in [2.75, 3.05) is 7.05 Å². The summed E-state index contributed by atoms with van der Waals surface area (Å²) in [5.41, 5.74) is 0.894. The molecule has 2 heterocycles. The van der Waals surface area contributed by atoms with Crippen LogP contribution in [0.15, 0.2) is 22.6 Å². The fraction of sp³-hybridized carbons (Fsp3) is 0.200. The average Bonchev–Trinajstić information content (AvgIpc) is 2.76. The van der Waals surface area contributed by atoms with Crippen LogP contribution in [0.3, 0.4) is 0 Å². The van der Waals surface area contributed by atoms with Gasteiger partial charge in [-0.05, 0) is 36.8 Å². The summed E-state index contributed by atoms with van der Waals surface area (Å²) >= 11 is 19.1. The lowest BCUT2D eigenvalue weighted by Crippen LogP contribution is -2.16. The molecular formula is C10H8Cl3NOS. The van der Waals surface area contributed by atoms with E-state index in [-0.39, 0.29) is 6.04 Å². The molecule has 1 unspecified atom stereocenters. The molecule has 2 aromatic rings. The molecule has 0 saturated carbocycles. The van der Waals surface area contributed by atoms with Gasteiger partial charge in [-0.15, -0.1) is 11.3 Å². The molecule has 0 fully saturated rings. The average molecular weight is 297 g/mol. The second kappa shape index (κ2) is 4.98. The Kier molecular flexibility index (Phi) is 3.82. The Hall–Kier alpha value is -0.190. The predicted octanol–water partition coefficient (Wildman–Crippen LogP) is 4.61. The van der Waals surface area contributed by atoms with E-state index in [1.54, 1.807) is 6.07 Å². The number of hydrogen-bond donors (Lipinski definition) is 1. The molecule has 0 aromatic carbocycles. The van der Waals surface area contributed by atoms with Gasteiger partial charge in [0.05, 0.1) is 14.7 Å². The van der Waals surface area contributed by atoms with Crippen LogP contribution in [0.2, 0.25) is 13.9 Å². The van der Waals surface area contributed by atoms with E-state index in [2.05, 4.69) is 5.32 Å². The summed E-state index contributed by atoms with van der Waals surface area (Å²) in [6, 6.07) is 5.20. The number of rotatable bonds is 3. The monoisotopic (exact) mass is 295 g/mol. The SMILES string of the molecule is CNC(c1ccc(Cl)o1)c1cc(Cl)sc1Cl. The zero-order chi connectivity index (χ0) is 11.7. The molecule has 0 spiro atoms. The Bertz CT molecular complexity index is 494. The molecule has 0 radical (unpaired) electrons. The molecule has 0 aliphatic heterocycles. The molecule has 0 bridgehead atoms. The molecule has 86 valence electrons. The van der Waals surface area contributed by atoms with Crippen LogP contribution in [0.5, 0.6) is 0 Å². The van der Waals surface area contributed by atoms with E-state index in [1.807, 2.05) is 19.2 Å². The second-order valence-corrected chi connectivity index (χ2v) is 5.80. The van der Waals surface area contributed by atoms with Gasteiger partial charge >= 0.3 is 0 Å². The van der Waals surface area contributed by atoms with Gasteiger partial charge in [-0.2, -0.15) is 0 Å². The molecule has 2 aromatic heterocycles. The first-order chi connectivity index (χ1) is 7.61. The van der Waals surface area contributed by atoms with E-state index >= 15 is 0 Å². The lowest BCUT2D eigenvalue weighted by Gasteiger charge is -2.12. The summed E-state index contributed by atoms with van der Waals surface area (Å²) in [5, 5.41) is 3.47. The van der Waals surface area contributed by atoms with Gasteiger partial charge in [0, 0.05) is 5.56 Å². The topological polar surface area (TPSA) is 25.2 Å². The zero-order valence-corrected chi connectivity index (χ0v) is 11.3. The number of furan rings is 1. The van der Waals surface area contributed by atoms with Crippen molar-refractivity contribution >= 4 is 46.1 Å². The summed E-state index contributed by atoms with van der Waals surface area (Å²) < 4.78 is 6.66. The van der Waals surface area contributed by atoms with Crippen molar-refractivity contribution in [3.05, 3.63) is 43.4 Å². The maximum absolute atomic E-state index is 6.09. The first-order valence-electron chi connectivity index (χ1n) is 4.49. The van der Waals surface area contributed by atoms with Crippen LogP contribution in [0.25, 0.3) is 0 Å². The Labute approximate surface area is 112 Å². The Morgan fingerprint density at radius 3 is 2.50 bits per heavy atom. The van der Waals surface area contributed by atoms with Crippen molar-refractivity contribution in [1.29, 1.82) is 0 Å². The maximum atomic E-state index is 6.09. The van der Waals surface area contributed by atoms with Crippen molar-refractivity contribution in [2.24, 2.45) is 0 Å². The summed E-state index contributed by atoms with van der Waals surface area (Å²) in [6.07, 6.45) is 0. The lowest BCUT2D eigenvalue weighted by molar-refractivity contribution is 0.465. The third-order valence-corrected chi connectivity index (χ3v) is 3.88.